The first-order valence-electron chi connectivity index (χ1n) is 20.6. The van der Waals surface area contributed by atoms with Gasteiger partial charge in [0.15, 0.2) is 0 Å². The minimum Gasteiger partial charge on any atom is -0.344 e. The van der Waals surface area contributed by atoms with Crippen LogP contribution in [-0.4, -0.2) is 42.1 Å². The SMILES string of the molecule is C.C.C.C.C.C.C.C.C.C.C.C.C.C.C.C.C.C.C.C.C.C.C.C.C.C.C.C.C.C.C.C.C.C.C.C#CC#CC.C#CC#CC#C.C#CC#CC#CC#CC#CC.C#CC#CC#CC#CC#CC#CC.C#CC#CC#CC#CC#CC#CC#C.CC#CC#CC#CC#CC#CC.N.N#N.N#N.N=N/N=N/N.N=N/N=N/N=N.O=O.O=O.OOO.OOO.OOOO.OOOO.[N-]=[N+]=N.[N-]=[N+]=N. The van der Waals surface area contributed by atoms with Crippen LogP contribution in [0.5, 0.6) is 0 Å². The number of hydrogen-bond donors (Lipinski definition) is 15. The topological polar surface area (TPSA) is 720 Å². The molecule has 0 saturated heterocycles. The Labute approximate surface area is 836 Å². The molecule has 136 heavy (non-hydrogen) atoms. The van der Waals surface area contributed by atoms with Crippen LogP contribution in [-0.2, 0) is 30.2 Å². The first kappa shape index (κ1) is 395. The molecule has 0 aliphatic heterocycles. The van der Waals surface area contributed by atoms with Gasteiger partial charge in [-0.25, -0.2) is 42.1 Å². The monoisotopic (exact) mass is 1930 g/mol. The fraction of sp³-hybridized carbons (Fsp3) is 0.417. The van der Waals surface area contributed by atoms with Crippen LogP contribution in [0.1, 0.15) is 295 Å². The molecule has 0 heterocycles. The molecule has 0 aliphatic rings. The van der Waals surface area contributed by atoms with Crippen molar-refractivity contribution in [1.82, 2.24) is 6.15 Å². The number of rotatable bonds is 5. The van der Waals surface area contributed by atoms with Crippen molar-refractivity contribution < 1.29 is 72.3 Å². The average Bonchev–Trinajstić information content (AvgIpc) is 1.15. The summed E-state index contributed by atoms with van der Waals surface area (Å²) < 4.78 is 0. The summed E-state index contributed by atoms with van der Waals surface area (Å²) in [4.78, 5) is 31.5. The zero-order valence-electron chi connectivity index (χ0n) is 51.7. The van der Waals surface area contributed by atoms with Crippen molar-refractivity contribution in [3.05, 3.63) is 40.7 Å². The largest absolute Gasteiger partial charge is 0.344 e. The molecule has 0 aromatic rings. The molecule has 40 nitrogen and oxygen atoms in total. The minimum atomic E-state index is 0. The fourth-order valence-corrected chi connectivity index (χ4v) is 1.42. The summed E-state index contributed by atoms with van der Waals surface area (Å²) in [5.74, 6) is 123. The summed E-state index contributed by atoms with van der Waals surface area (Å²) in [6.07, 6.45) is 33.5. The molecule has 0 bridgehead atoms. The van der Waals surface area contributed by atoms with E-state index < -0.39 is 0 Å². The Morgan fingerprint density at radius 1 is 0.235 bits per heavy atom. The first-order valence-corrected chi connectivity index (χ1v) is 20.6. The van der Waals surface area contributed by atoms with Gasteiger partial charge in [-0.2, -0.15) is 16.6 Å². The highest BCUT2D eigenvalue weighted by Gasteiger charge is 1.59. The van der Waals surface area contributed by atoms with E-state index in [0.717, 1.165) is 0 Å². The van der Waals surface area contributed by atoms with Crippen molar-refractivity contribution in [1.29, 1.82) is 49.2 Å². The van der Waals surface area contributed by atoms with Gasteiger partial charge in [-0.15, -0.1) is 56.0 Å². The standard InChI is InChI=1S/C14H2.C13H4.C12H6.C11H4.C6H2.C5H4.35CH4.H2N6.H3N5.2HN3.2N2.H3N.2H2O4.2H2O3.2O2/c1-3-5-7-9-11-13-14-12-10-8-6-4-2;1-3-5-7-9-11-13-12-10-8-6-4-2;1-3-5-7-9-11-12-10-8-6-4-2;1-3-5-7-9-11-10-8-6-4-2;1-3-5-6-4-2;1-3-5-4-2;;;;;;;;;;;;;;;;;;;;;;;;;;;;;;;;;;;;1-3-5-6-4-2;1-3-5-4-2;2*1-3-2;2*1-2;;2*1-3-4-2;2*1-3-2;2*1-2/h1-2H;1H,2H3;1-2H3;1H,2H3;1-2H;1H,2H3;35*1H4;1-2H;(H3,1,2,5);2*1H;;;1H3;2*1-2H;2*1-2H;;/b;;;;;;;;;;;;;;;;;;;;;;;;;;;;;;;;;;;;;;;;;3-1?,4-2?,6-5+;;;;;;;;;;;;. The Morgan fingerprint density at radius 3 is 0.368 bits per heavy atom. The zero-order valence-corrected chi connectivity index (χ0v) is 51.7. The van der Waals surface area contributed by atoms with Gasteiger partial charge >= 0.3 is 0 Å². The summed E-state index contributed by atoms with van der Waals surface area (Å²) in [5, 5.41) is 111. The molecule has 40 heteroatoms. The van der Waals surface area contributed by atoms with Gasteiger partial charge in [0.2, 0.25) is 0 Å². The normalized spacial score (nSPS) is 3.22. The average molecular weight is 1930 g/mol. The fourth-order valence-electron chi connectivity index (χ4n) is 1.42. The lowest BCUT2D eigenvalue weighted by Gasteiger charge is -1.71. The van der Waals surface area contributed by atoms with Gasteiger partial charge in [-0.1, -0.05) is 305 Å². The summed E-state index contributed by atoms with van der Waals surface area (Å²) in [5.41, 5.74) is 42.2. The van der Waals surface area contributed by atoms with E-state index >= 15 is 0 Å². The molecule has 0 aromatic heterocycles. The van der Waals surface area contributed by atoms with E-state index in [1.165, 1.54) is 0 Å². The van der Waals surface area contributed by atoms with Crippen LogP contribution >= 0.6 is 0 Å². The number of nitrogens with two attached hydrogens (primary N) is 1. The Hall–Kier alpha value is -18.5. The molecule has 0 aromatic carbocycles. The summed E-state index contributed by atoms with van der Waals surface area (Å²) in [7, 11) is 0. The van der Waals surface area contributed by atoms with Crippen molar-refractivity contribution in [2.24, 2.45) is 42.4 Å². The summed E-state index contributed by atoms with van der Waals surface area (Å²) >= 11 is 0. The molecule has 0 amide bonds. The Kier molecular flexibility index (Phi) is 2180. The highest BCUT2D eigenvalue weighted by atomic mass is 17.6. The van der Waals surface area contributed by atoms with Crippen LogP contribution in [0.4, 0.5) is 0 Å². The molecule has 0 spiro atoms. The van der Waals surface area contributed by atoms with Crippen molar-refractivity contribution in [3.63, 3.8) is 0 Å². The number of hydrogen-bond acceptors (Lipinski definition) is 29. The van der Waals surface area contributed by atoms with Crippen molar-refractivity contribution in [2.45, 2.75) is 295 Å². The van der Waals surface area contributed by atoms with Gasteiger partial charge < -0.3 is 12.0 Å². The van der Waals surface area contributed by atoms with E-state index in [2.05, 4.69) is 363 Å². The lowest BCUT2D eigenvalue weighted by molar-refractivity contribution is -0.611. The zero-order chi connectivity index (χ0) is 81.3. The smallest absolute Gasteiger partial charge is 0 e. The molecule has 0 rings (SSSR count). The summed E-state index contributed by atoms with van der Waals surface area (Å²) in [6, 6.07) is 0. The Morgan fingerprint density at radius 2 is 0.316 bits per heavy atom. The van der Waals surface area contributed by atoms with Gasteiger partial charge in [0.25, 0.3) is 0 Å². The quantitative estimate of drug-likeness (QED) is 0.0178. The maximum atomic E-state index is 7.00. The predicted octanol–water partition coefficient (Wildman–Crippen LogP) is 29.1. The number of nitrogens with zero attached hydrogens (tertiary/aromatic N) is 15. The van der Waals surface area contributed by atoms with E-state index in [1.807, 2.05) is 0 Å². The maximum Gasteiger partial charge on any atom is 0 e. The van der Waals surface area contributed by atoms with E-state index in [1.54, 1.807) is 44.4 Å². The van der Waals surface area contributed by atoms with Crippen LogP contribution in [0.2, 0.25) is 0 Å². The Bertz CT molecular complexity index is 4070. The molecule has 0 radical (unpaired) electrons. The van der Waals surface area contributed by atoms with Crippen LogP contribution < -0.4 is 12.0 Å². The highest BCUT2D eigenvalue weighted by Crippen LogP contribution is 1.72. The third-order valence-electron chi connectivity index (χ3n) is 3.36. The van der Waals surface area contributed by atoms with Gasteiger partial charge in [-0.3, -0.25) is 0 Å². The van der Waals surface area contributed by atoms with Crippen molar-refractivity contribution in [3.8, 4) is 335 Å². The van der Waals surface area contributed by atoms with Crippen molar-refractivity contribution >= 4 is 0 Å². The second-order valence-electron chi connectivity index (χ2n) is 8.23. The second-order valence-corrected chi connectivity index (χ2v) is 8.23. The second kappa shape index (κ2) is 750. The molecule has 0 aliphatic carbocycles. The predicted molar refractivity (Wildman–Crippen MR) is 590 cm³/mol. The van der Waals surface area contributed by atoms with E-state index in [-0.39, 0.29) is 266 Å². The number of nitrogens with one attached hydrogen (secondary N) is 5. The molecule has 0 unspecified atom stereocenters. The van der Waals surface area contributed by atoms with Gasteiger partial charge in [0.05, 0.1) is 0 Å². The molecule has 0 fully saturated rings. The molecule has 0 atom stereocenters. The maximum absolute atomic E-state index is 7.00. The summed E-state index contributed by atoms with van der Waals surface area (Å²) in [6.45, 7) is 8.56. The van der Waals surface area contributed by atoms with E-state index in [0.29, 0.717) is 0 Å². The molecule has 18 N–H and O–H groups in total. The number of terminal acetylenes is 7. The van der Waals surface area contributed by atoms with Gasteiger partial charge in [-0.05, 0) is 367 Å². The first-order chi connectivity index (χ1) is 48.8. The third kappa shape index (κ3) is 1520. The molecular formula is C96H180N22O18. The van der Waals surface area contributed by atoms with Crippen molar-refractivity contribution in [2.75, 3.05) is 0 Å². The van der Waals surface area contributed by atoms with E-state index in [4.69, 9.17) is 167 Å². The minimum absolute atomic E-state index is 0. The Balaban J connectivity index is -0.0000000102. The van der Waals surface area contributed by atoms with Gasteiger partial charge in [0.1, 0.15) is 0 Å². The molecule has 0 saturated carbocycles. The molecule has 782 valence electrons. The van der Waals surface area contributed by atoms with Crippen LogP contribution in [0, 0.1) is 404 Å². The van der Waals surface area contributed by atoms with Crippen LogP contribution in [0.15, 0.2) is 36.6 Å². The lowest BCUT2D eigenvalue weighted by atomic mass is 10.5. The lowest BCUT2D eigenvalue weighted by Crippen LogP contribution is -1.75. The highest BCUT2D eigenvalue weighted by molar-refractivity contribution is 5.46. The third-order valence-corrected chi connectivity index (χ3v) is 3.36. The van der Waals surface area contributed by atoms with Crippen LogP contribution in [0.25, 0.3) is 20.9 Å². The molecular weight excluding hydrogens is 1750 g/mol. The van der Waals surface area contributed by atoms with Gasteiger partial charge in [0, 0.05) is 41.4 Å². The van der Waals surface area contributed by atoms with E-state index in [9.17, 15) is 0 Å². The van der Waals surface area contributed by atoms with Crippen LogP contribution in [0.3, 0.4) is 0 Å².